The molecule has 2 aromatic carbocycles. The number of aryl methyl sites for hydroxylation is 1. The van der Waals surface area contributed by atoms with Gasteiger partial charge in [-0.3, -0.25) is 0 Å². The molecule has 2 aliphatic rings. The van der Waals surface area contributed by atoms with Crippen molar-refractivity contribution in [3.63, 3.8) is 0 Å². The fraction of sp³-hybridized carbons (Fsp3) is 0.429. The van der Waals surface area contributed by atoms with Crippen LogP contribution >= 0.6 is 11.6 Å². The number of nitrogens with one attached hydrogen (secondary N) is 1. The fourth-order valence-corrected chi connectivity index (χ4v) is 4.28. The molecule has 2 aromatic rings. The van der Waals surface area contributed by atoms with Crippen LogP contribution in [0, 0.1) is 11.6 Å². The van der Waals surface area contributed by atoms with Gasteiger partial charge in [0.25, 0.3) is 0 Å². The van der Waals surface area contributed by atoms with Crippen molar-refractivity contribution in [3.05, 3.63) is 52.0 Å². The summed E-state index contributed by atoms with van der Waals surface area (Å²) < 4.78 is 35.3. The number of benzene rings is 2. The number of halogens is 3. The van der Waals surface area contributed by atoms with Crippen LogP contribution in [0.4, 0.5) is 8.78 Å². The van der Waals surface area contributed by atoms with Crippen LogP contribution in [0.2, 0.25) is 5.02 Å². The van der Waals surface area contributed by atoms with Gasteiger partial charge in [-0.05, 0) is 61.2 Å². The Bertz CT molecular complexity index is 816. The lowest BCUT2D eigenvalue weighted by molar-refractivity contribution is 0.171. The number of unbranched alkanes of at least 4 members (excludes halogenated alkanes) is 1. The smallest absolute Gasteiger partial charge is 0.135 e. The summed E-state index contributed by atoms with van der Waals surface area (Å²) in [5.41, 5.74) is 2.67. The Labute approximate surface area is 157 Å². The summed E-state index contributed by atoms with van der Waals surface area (Å²) in [5, 5.41) is 3.47. The van der Waals surface area contributed by atoms with Gasteiger partial charge in [0.2, 0.25) is 0 Å². The van der Waals surface area contributed by atoms with Gasteiger partial charge >= 0.3 is 0 Å². The Morgan fingerprint density at radius 3 is 2.69 bits per heavy atom. The van der Waals surface area contributed by atoms with Gasteiger partial charge in [0.05, 0.1) is 5.56 Å². The predicted molar refractivity (Wildman–Crippen MR) is 100 cm³/mol. The first-order valence-corrected chi connectivity index (χ1v) is 9.65. The molecule has 26 heavy (non-hydrogen) atoms. The molecular weight excluding hydrogens is 356 g/mol. The molecule has 2 atom stereocenters. The van der Waals surface area contributed by atoms with Crippen molar-refractivity contribution in [1.29, 1.82) is 0 Å². The van der Waals surface area contributed by atoms with Crippen LogP contribution in [0.25, 0.3) is 11.1 Å². The van der Waals surface area contributed by atoms with Crippen LogP contribution in [0.15, 0.2) is 24.3 Å². The minimum absolute atomic E-state index is 0.0119. The summed E-state index contributed by atoms with van der Waals surface area (Å²) in [6.45, 7) is 3.90. The zero-order chi connectivity index (χ0) is 18.3. The van der Waals surface area contributed by atoms with E-state index in [0.29, 0.717) is 5.56 Å². The topological polar surface area (TPSA) is 21.3 Å². The van der Waals surface area contributed by atoms with E-state index in [1.807, 2.05) is 12.1 Å². The second kappa shape index (κ2) is 7.16. The van der Waals surface area contributed by atoms with Gasteiger partial charge < -0.3 is 10.1 Å². The lowest BCUT2D eigenvalue weighted by atomic mass is 9.87. The van der Waals surface area contributed by atoms with E-state index in [-0.39, 0.29) is 22.6 Å². The highest BCUT2D eigenvalue weighted by molar-refractivity contribution is 6.30. The number of hydrogen-bond donors (Lipinski definition) is 1. The summed E-state index contributed by atoms with van der Waals surface area (Å²) in [5.74, 6) is -0.101. The summed E-state index contributed by atoms with van der Waals surface area (Å²) in [6, 6.07) is 6.12. The van der Waals surface area contributed by atoms with Crippen LogP contribution in [0.3, 0.4) is 0 Å². The third-order valence-corrected chi connectivity index (χ3v) is 5.60. The lowest BCUT2D eigenvalue weighted by Gasteiger charge is -2.24. The standard InChI is InChI=1S/C21H22ClF2NO/c1-2-3-4-12-7-13(20-17(23)9-14(22)10-18(20)24)8-15-16-11-25-6-5-19(16)26-21(12)15/h7-10,16,19,25H,2-6,11H2,1H3/t16-,19-/m0/s1. The minimum atomic E-state index is -0.631. The quantitative estimate of drug-likeness (QED) is 0.763. The van der Waals surface area contributed by atoms with Gasteiger partial charge in [0.15, 0.2) is 0 Å². The molecule has 4 rings (SSSR count). The second-order valence-corrected chi connectivity index (χ2v) is 7.59. The first-order valence-electron chi connectivity index (χ1n) is 9.27. The van der Waals surface area contributed by atoms with Crippen molar-refractivity contribution in [1.82, 2.24) is 5.32 Å². The SMILES string of the molecule is CCCCc1cc(-c2c(F)cc(Cl)cc2F)cc2c1O[C@H]1CCNC[C@@H]21. The highest BCUT2D eigenvalue weighted by Gasteiger charge is 2.38. The molecule has 138 valence electrons. The molecule has 0 spiro atoms. The second-order valence-electron chi connectivity index (χ2n) is 7.16. The molecule has 0 unspecified atom stereocenters. The highest BCUT2D eigenvalue weighted by Crippen LogP contribution is 2.46. The molecule has 0 aromatic heterocycles. The minimum Gasteiger partial charge on any atom is -0.489 e. The largest absolute Gasteiger partial charge is 0.489 e. The van der Waals surface area contributed by atoms with Crippen LogP contribution in [-0.4, -0.2) is 19.2 Å². The zero-order valence-electron chi connectivity index (χ0n) is 14.7. The van der Waals surface area contributed by atoms with Crippen molar-refractivity contribution in [3.8, 4) is 16.9 Å². The first kappa shape index (κ1) is 17.7. The van der Waals surface area contributed by atoms with E-state index in [2.05, 4.69) is 12.2 Å². The van der Waals surface area contributed by atoms with Gasteiger partial charge in [-0.1, -0.05) is 24.9 Å². The van der Waals surface area contributed by atoms with Crippen molar-refractivity contribution >= 4 is 11.6 Å². The molecule has 2 aliphatic heterocycles. The molecule has 2 heterocycles. The predicted octanol–water partition coefficient (Wildman–Crippen LogP) is 5.47. The Morgan fingerprint density at radius 2 is 1.96 bits per heavy atom. The summed E-state index contributed by atoms with van der Waals surface area (Å²) >= 11 is 5.79. The maximum absolute atomic E-state index is 14.5. The Morgan fingerprint density at radius 1 is 1.19 bits per heavy atom. The average molecular weight is 378 g/mol. The molecule has 1 saturated heterocycles. The Balaban J connectivity index is 1.85. The van der Waals surface area contributed by atoms with Crippen LogP contribution in [0.1, 0.15) is 43.2 Å². The van der Waals surface area contributed by atoms with E-state index < -0.39 is 11.6 Å². The van der Waals surface area contributed by atoms with Crippen molar-refractivity contribution in [2.24, 2.45) is 0 Å². The van der Waals surface area contributed by atoms with Gasteiger partial charge in [-0.15, -0.1) is 0 Å². The fourth-order valence-electron chi connectivity index (χ4n) is 4.08. The average Bonchev–Trinajstić information content (AvgIpc) is 2.98. The van der Waals surface area contributed by atoms with Gasteiger partial charge in [0.1, 0.15) is 23.5 Å². The molecule has 0 amide bonds. The molecule has 1 fully saturated rings. The number of rotatable bonds is 4. The normalized spacial score (nSPS) is 21.2. The van der Waals surface area contributed by atoms with E-state index in [1.165, 1.54) is 12.1 Å². The van der Waals surface area contributed by atoms with Crippen molar-refractivity contribution in [2.45, 2.75) is 44.6 Å². The summed E-state index contributed by atoms with van der Waals surface area (Å²) in [7, 11) is 0. The maximum Gasteiger partial charge on any atom is 0.135 e. The van der Waals surface area contributed by atoms with Gasteiger partial charge in [-0.2, -0.15) is 0 Å². The first-order chi connectivity index (χ1) is 12.6. The number of piperidine rings is 1. The van der Waals surface area contributed by atoms with Crippen molar-refractivity contribution < 1.29 is 13.5 Å². The third-order valence-electron chi connectivity index (χ3n) is 5.38. The molecule has 5 heteroatoms. The molecular formula is C21H22ClF2NO. The van der Waals surface area contributed by atoms with Gasteiger partial charge in [0, 0.05) is 23.0 Å². The summed E-state index contributed by atoms with van der Waals surface area (Å²) in [4.78, 5) is 0. The van der Waals surface area contributed by atoms with Crippen LogP contribution in [-0.2, 0) is 6.42 Å². The Hall–Kier alpha value is -1.65. The maximum atomic E-state index is 14.5. The highest BCUT2D eigenvalue weighted by atomic mass is 35.5. The molecule has 0 radical (unpaired) electrons. The van der Waals surface area contributed by atoms with E-state index in [1.54, 1.807) is 0 Å². The zero-order valence-corrected chi connectivity index (χ0v) is 15.5. The van der Waals surface area contributed by atoms with E-state index in [4.69, 9.17) is 16.3 Å². The number of fused-ring (bicyclic) bond motifs is 3. The third kappa shape index (κ3) is 3.10. The molecule has 0 saturated carbocycles. The summed E-state index contributed by atoms with van der Waals surface area (Å²) in [6.07, 6.45) is 4.01. The van der Waals surface area contributed by atoms with E-state index in [0.717, 1.165) is 55.6 Å². The lowest BCUT2D eigenvalue weighted by Crippen LogP contribution is -2.37. The molecule has 2 nitrogen and oxygen atoms in total. The Kier molecular flexibility index (Phi) is 4.89. The van der Waals surface area contributed by atoms with Gasteiger partial charge in [-0.25, -0.2) is 8.78 Å². The molecule has 0 bridgehead atoms. The van der Waals surface area contributed by atoms with E-state index in [9.17, 15) is 8.78 Å². The van der Waals surface area contributed by atoms with Crippen LogP contribution < -0.4 is 10.1 Å². The van der Waals surface area contributed by atoms with Crippen LogP contribution in [0.5, 0.6) is 5.75 Å². The number of hydrogen-bond acceptors (Lipinski definition) is 2. The van der Waals surface area contributed by atoms with Crippen molar-refractivity contribution in [2.75, 3.05) is 13.1 Å². The molecule has 0 aliphatic carbocycles. The molecule has 1 N–H and O–H groups in total. The number of ether oxygens (including phenoxy) is 1. The van der Waals surface area contributed by atoms with E-state index >= 15 is 0 Å². The monoisotopic (exact) mass is 377 g/mol.